The van der Waals surface area contributed by atoms with Crippen molar-refractivity contribution in [3.63, 3.8) is 0 Å². The Bertz CT molecular complexity index is 914. The number of nitrogens with one attached hydrogen (secondary N) is 1. The second kappa shape index (κ2) is 8.31. The van der Waals surface area contributed by atoms with Gasteiger partial charge in [0.25, 0.3) is 5.91 Å². The van der Waals surface area contributed by atoms with Crippen molar-refractivity contribution in [2.24, 2.45) is 0 Å². The molecule has 0 aliphatic carbocycles. The molecule has 2 aromatic carbocycles. The summed E-state index contributed by atoms with van der Waals surface area (Å²) in [6.45, 7) is -0.533. The summed E-state index contributed by atoms with van der Waals surface area (Å²) in [4.78, 5) is 23.8. The van der Waals surface area contributed by atoms with Crippen molar-refractivity contribution in [1.82, 2.24) is 4.31 Å². The molecule has 0 aliphatic rings. The molecule has 0 aromatic heterocycles. The van der Waals surface area contributed by atoms with Crippen LogP contribution in [0.3, 0.4) is 0 Å². The van der Waals surface area contributed by atoms with Gasteiger partial charge in [-0.25, -0.2) is 17.5 Å². The van der Waals surface area contributed by atoms with E-state index in [4.69, 9.17) is 16.3 Å². The fraction of sp³-hybridized carbons (Fsp3) is 0.176. The predicted molar refractivity (Wildman–Crippen MR) is 97.7 cm³/mol. The molecule has 0 spiro atoms. The van der Waals surface area contributed by atoms with Crippen molar-refractivity contribution < 1.29 is 22.7 Å². The SMILES string of the molecule is CN(C)S(=O)(=O)c1ccc(Cl)c(NC(=O)COC(=O)c2ccccc2)c1. The molecule has 7 nitrogen and oxygen atoms in total. The van der Waals surface area contributed by atoms with Gasteiger partial charge >= 0.3 is 5.97 Å². The standard InChI is InChI=1S/C17H17ClN2O5S/c1-20(2)26(23,24)13-8-9-14(18)15(10-13)19-16(21)11-25-17(22)12-6-4-3-5-7-12/h3-10H,11H2,1-2H3,(H,19,21). The van der Waals surface area contributed by atoms with Gasteiger partial charge < -0.3 is 10.1 Å². The highest BCUT2D eigenvalue weighted by atomic mass is 35.5. The van der Waals surface area contributed by atoms with Gasteiger partial charge in [-0.1, -0.05) is 29.8 Å². The number of hydrogen-bond donors (Lipinski definition) is 1. The minimum Gasteiger partial charge on any atom is -0.452 e. The van der Waals surface area contributed by atoms with Crippen LogP contribution in [-0.4, -0.2) is 45.3 Å². The third-order valence-electron chi connectivity index (χ3n) is 3.33. The van der Waals surface area contributed by atoms with Crippen molar-refractivity contribution in [2.75, 3.05) is 26.0 Å². The smallest absolute Gasteiger partial charge is 0.338 e. The molecule has 1 N–H and O–H groups in total. The second-order valence-corrected chi connectivity index (χ2v) is 7.98. The van der Waals surface area contributed by atoms with Crippen LogP contribution in [0.1, 0.15) is 10.4 Å². The molecule has 138 valence electrons. The Morgan fingerprint density at radius 3 is 2.38 bits per heavy atom. The summed E-state index contributed by atoms with van der Waals surface area (Å²) in [5, 5.41) is 2.60. The molecule has 2 aromatic rings. The Morgan fingerprint density at radius 2 is 1.77 bits per heavy atom. The molecule has 26 heavy (non-hydrogen) atoms. The minimum absolute atomic E-state index is 0.0246. The second-order valence-electron chi connectivity index (χ2n) is 5.42. The third kappa shape index (κ3) is 4.81. The van der Waals surface area contributed by atoms with E-state index in [0.717, 1.165) is 4.31 Å². The number of anilines is 1. The molecule has 0 unspecified atom stereocenters. The van der Waals surface area contributed by atoms with Gasteiger partial charge in [0.05, 0.1) is 21.2 Å². The van der Waals surface area contributed by atoms with Crippen LogP contribution in [0.5, 0.6) is 0 Å². The maximum absolute atomic E-state index is 12.2. The Morgan fingerprint density at radius 1 is 1.12 bits per heavy atom. The third-order valence-corrected chi connectivity index (χ3v) is 5.48. The van der Waals surface area contributed by atoms with Gasteiger partial charge in [-0.05, 0) is 30.3 Å². The summed E-state index contributed by atoms with van der Waals surface area (Å²) < 4.78 is 30.3. The van der Waals surface area contributed by atoms with Crippen LogP contribution in [0.25, 0.3) is 0 Å². The first-order valence-corrected chi connectivity index (χ1v) is 9.27. The van der Waals surface area contributed by atoms with Crippen LogP contribution in [0.15, 0.2) is 53.4 Å². The Hall–Kier alpha value is -2.42. The Balaban J connectivity index is 2.06. The van der Waals surface area contributed by atoms with E-state index in [9.17, 15) is 18.0 Å². The zero-order valence-corrected chi connectivity index (χ0v) is 15.7. The van der Waals surface area contributed by atoms with Crippen molar-refractivity contribution in [3.05, 3.63) is 59.1 Å². The average Bonchev–Trinajstić information content (AvgIpc) is 2.62. The molecule has 2 rings (SSSR count). The lowest BCUT2D eigenvalue weighted by atomic mass is 10.2. The van der Waals surface area contributed by atoms with E-state index < -0.39 is 28.5 Å². The van der Waals surface area contributed by atoms with Gasteiger partial charge in [0.15, 0.2) is 6.61 Å². The summed E-state index contributed by atoms with van der Waals surface area (Å²) in [5.74, 6) is -1.29. The number of halogens is 1. The van der Waals surface area contributed by atoms with Crippen LogP contribution in [0.2, 0.25) is 5.02 Å². The molecule has 0 saturated heterocycles. The number of sulfonamides is 1. The number of benzene rings is 2. The summed E-state index contributed by atoms with van der Waals surface area (Å²) in [7, 11) is -0.888. The van der Waals surface area contributed by atoms with E-state index in [-0.39, 0.29) is 15.6 Å². The van der Waals surface area contributed by atoms with E-state index >= 15 is 0 Å². The lowest BCUT2D eigenvalue weighted by molar-refractivity contribution is -0.119. The first-order valence-electron chi connectivity index (χ1n) is 7.46. The van der Waals surface area contributed by atoms with Crippen LogP contribution < -0.4 is 5.32 Å². The molecule has 0 bridgehead atoms. The minimum atomic E-state index is -3.68. The van der Waals surface area contributed by atoms with E-state index in [1.54, 1.807) is 30.3 Å². The monoisotopic (exact) mass is 396 g/mol. The van der Waals surface area contributed by atoms with E-state index in [1.165, 1.54) is 32.3 Å². The van der Waals surface area contributed by atoms with Crippen LogP contribution in [0.4, 0.5) is 5.69 Å². The molecular formula is C17H17ClN2O5S. The first kappa shape index (κ1) is 19.9. The first-order chi connectivity index (χ1) is 12.2. The van der Waals surface area contributed by atoms with Gasteiger partial charge in [-0.2, -0.15) is 0 Å². The molecule has 9 heteroatoms. The van der Waals surface area contributed by atoms with Crippen molar-refractivity contribution >= 4 is 39.2 Å². The molecule has 0 heterocycles. The molecular weight excluding hydrogens is 380 g/mol. The number of carbonyl (C=O) groups excluding carboxylic acids is 2. The number of ether oxygens (including phenoxy) is 1. The highest BCUT2D eigenvalue weighted by molar-refractivity contribution is 7.89. The maximum atomic E-state index is 12.2. The number of amides is 1. The number of rotatable bonds is 6. The number of hydrogen-bond acceptors (Lipinski definition) is 5. The Labute approximate surface area is 156 Å². The quantitative estimate of drug-likeness (QED) is 0.757. The highest BCUT2D eigenvalue weighted by Gasteiger charge is 2.19. The molecule has 0 radical (unpaired) electrons. The van der Waals surface area contributed by atoms with Gasteiger partial charge in [-0.15, -0.1) is 0 Å². The summed E-state index contributed by atoms with van der Waals surface area (Å²) in [5.41, 5.74) is 0.424. The van der Waals surface area contributed by atoms with Crippen molar-refractivity contribution in [1.29, 1.82) is 0 Å². The highest BCUT2D eigenvalue weighted by Crippen LogP contribution is 2.26. The molecule has 0 atom stereocenters. The fourth-order valence-corrected chi connectivity index (χ4v) is 3.04. The number of carbonyl (C=O) groups is 2. The largest absolute Gasteiger partial charge is 0.452 e. The predicted octanol–water partition coefficient (Wildman–Crippen LogP) is 2.39. The van der Waals surface area contributed by atoms with E-state index in [1.807, 2.05) is 0 Å². The van der Waals surface area contributed by atoms with Gasteiger partial charge in [0.1, 0.15) is 0 Å². The summed E-state index contributed by atoms with van der Waals surface area (Å²) in [6.07, 6.45) is 0. The Kier molecular flexibility index (Phi) is 6.36. The number of esters is 1. The lowest BCUT2D eigenvalue weighted by Gasteiger charge is -2.14. The summed E-state index contributed by atoms with van der Waals surface area (Å²) >= 11 is 6.00. The molecule has 0 saturated carbocycles. The van der Waals surface area contributed by atoms with Crippen molar-refractivity contribution in [2.45, 2.75) is 4.90 Å². The molecule has 0 fully saturated rings. The van der Waals surface area contributed by atoms with Crippen LogP contribution in [-0.2, 0) is 19.6 Å². The average molecular weight is 397 g/mol. The van der Waals surface area contributed by atoms with Crippen LogP contribution in [0, 0.1) is 0 Å². The number of nitrogens with zero attached hydrogens (tertiary/aromatic N) is 1. The van der Waals surface area contributed by atoms with Crippen LogP contribution >= 0.6 is 11.6 Å². The van der Waals surface area contributed by atoms with E-state index in [0.29, 0.717) is 5.56 Å². The zero-order valence-electron chi connectivity index (χ0n) is 14.1. The van der Waals surface area contributed by atoms with E-state index in [2.05, 4.69) is 5.32 Å². The molecule has 0 aliphatic heterocycles. The lowest BCUT2D eigenvalue weighted by Crippen LogP contribution is -2.23. The van der Waals surface area contributed by atoms with Gasteiger partial charge in [-0.3, -0.25) is 4.79 Å². The fourth-order valence-electron chi connectivity index (χ4n) is 1.95. The normalized spacial score (nSPS) is 11.2. The van der Waals surface area contributed by atoms with Gasteiger partial charge in [0.2, 0.25) is 10.0 Å². The topological polar surface area (TPSA) is 92.8 Å². The molecule has 1 amide bonds. The zero-order chi connectivity index (χ0) is 19.3. The summed E-state index contributed by atoms with van der Waals surface area (Å²) in [6, 6.07) is 12.2. The maximum Gasteiger partial charge on any atom is 0.338 e. The van der Waals surface area contributed by atoms with Crippen molar-refractivity contribution in [3.8, 4) is 0 Å². The van der Waals surface area contributed by atoms with Gasteiger partial charge in [0, 0.05) is 14.1 Å².